The highest BCUT2D eigenvalue weighted by Crippen LogP contribution is 2.36. The zero-order chi connectivity index (χ0) is 10.7. The van der Waals surface area contributed by atoms with Crippen molar-refractivity contribution in [1.29, 1.82) is 0 Å². The largest absolute Gasteiger partial charge is 0.324 e. The lowest BCUT2D eigenvalue weighted by molar-refractivity contribution is 0.811. The minimum absolute atomic E-state index is 0.0364. The Hall–Kier alpha value is 0.170. The van der Waals surface area contributed by atoms with Gasteiger partial charge in [0, 0.05) is 15.8 Å². The van der Waals surface area contributed by atoms with Crippen LogP contribution in [-0.2, 0) is 0 Å². The van der Waals surface area contributed by atoms with Crippen LogP contribution in [0.2, 0.25) is 5.02 Å². The summed E-state index contributed by atoms with van der Waals surface area (Å²) in [6.45, 7) is 1.97. The molecular weight excluding hydrogens is 234 g/mol. The highest BCUT2D eigenvalue weighted by molar-refractivity contribution is 8.01. The molecule has 4 heteroatoms. The number of benzene rings is 1. The lowest BCUT2D eigenvalue weighted by Gasteiger charge is -2.12. The van der Waals surface area contributed by atoms with Crippen LogP contribution in [0.4, 0.5) is 0 Å². The van der Waals surface area contributed by atoms with Crippen molar-refractivity contribution in [3.8, 4) is 0 Å². The fraction of sp³-hybridized carbons (Fsp3) is 0.400. The van der Waals surface area contributed by atoms with Gasteiger partial charge in [0.15, 0.2) is 0 Å². The predicted molar refractivity (Wildman–Crippen MR) is 67.6 cm³/mol. The first-order valence-corrected chi connectivity index (χ1v) is 7.10. The molecule has 1 unspecified atom stereocenters. The molecule has 1 rings (SSSR count). The van der Waals surface area contributed by atoms with Gasteiger partial charge in [0.2, 0.25) is 0 Å². The van der Waals surface area contributed by atoms with E-state index in [-0.39, 0.29) is 6.04 Å². The van der Waals surface area contributed by atoms with E-state index in [9.17, 15) is 0 Å². The summed E-state index contributed by atoms with van der Waals surface area (Å²) >= 11 is 9.55. The third-order valence-corrected chi connectivity index (χ3v) is 4.13. The molecule has 2 N–H and O–H groups in total. The number of hydrogen-bond acceptors (Lipinski definition) is 3. The van der Waals surface area contributed by atoms with E-state index in [0.717, 1.165) is 15.5 Å². The Morgan fingerprint density at radius 1 is 1.29 bits per heavy atom. The van der Waals surface area contributed by atoms with Crippen molar-refractivity contribution in [2.24, 2.45) is 5.73 Å². The van der Waals surface area contributed by atoms with Crippen LogP contribution in [0, 0.1) is 0 Å². The van der Waals surface area contributed by atoms with Crippen LogP contribution >= 0.6 is 35.1 Å². The van der Waals surface area contributed by atoms with Gasteiger partial charge in [-0.05, 0) is 37.1 Å². The molecule has 0 bridgehead atoms. The molecule has 0 fully saturated rings. The first kappa shape index (κ1) is 12.2. The summed E-state index contributed by atoms with van der Waals surface area (Å²) in [6, 6.07) is 4.11. The third kappa shape index (κ3) is 2.60. The summed E-state index contributed by atoms with van der Waals surface area (Å²) < 4.78 is 0. The van der Waals surface area contributed by atoms with Gasteiger partial charge in [-0.1, -0.05) is 11.6 Å². The Kier molecular flexibility index (Phi) is 4.64. The molecule has 0 radical (unpaired) electrons. The molecule has 0 saturated heterocycles. The van der Waals surface area contributed by atoms with E-state index in [2.05, 4.69) is 12.3 Å². The van der Waals surface area contributed by atoms with Crippen molar-refractivity contribution in [3.63, 3.8) is 0 Å². The number of thioether (sulfide) groups is 2. The van der Waals surface area contributed by atoms with E-state index in [1.807, 2.05) is 19.2 Å². The van der Waals surface area contributed by atoms with Crippen molar-refractivity contribution in [2.75, 3.05) is 12.5 Å². The van der Waals surface area contributed by atoms with E-state index in [4.69, 9.17) is 17.3 Å². The highest BCUT2D eigenvalue weighted by atomic mass is 35.5. The first-order chi connectivity index (χ1) is 6.60. The topological polar surface area (TPSA) is 26.0 Å². The Morgan fingerprint density at radius 2 is 1.93 bits per heavy atom. The second-order valence-corrected chi connectivity index (χ2v) is 5.10. The fourth-order valence-electron chi connectivity index (χ4n) is 1.20. The van der Waals surface area contributed by atoms with Gasteiger partial charge >= 0.3 is 0 Å². The Morgan fingerprint density at radius 3 is 2.36 bits per heavy atom. The van der Waals surface area contributed by atoms with Crippen LogP contribution in [0.25, 0.3) is 0 Å². The van der Waals surface area contributed by atoms with Gasteiger partial charge in [0.05, 0.1) is 5.02 Å². The SMILES string of the molecule is CSc1cc(C(C)N)cc(Cl)c1SC. The average Bonchev–Trinajstić information content (AvgIpc) is 2.16. The molecule has 0 amide bonds. The molecule has 0 spiro atoms. The monoisotopic (exact) mass is 247 g/mol. The zero-order valence-electron chi connectivity index (χ0n) is 8.50. The minimum atomic E-state index is 0.0364. The van der Waals surface area contributed by atoms with Gasteiger partial charge in [-0.2, -0.15) is 0 Å². The van der Waals surface area contributed by atoms with E-state index in [0.29, 0.717) is 0 Å². The van der Waals surface area contributed by atoms with Gasteiger partial charge in [0.1, 0.15) is 0 Å². The lowest BCUT2D eigenvalue weighted by atomic mass is 10.1. The molecule has 0 aliphatic heterocycles. The minimum Gasteiger partial charge on any atom is -0.324 e. The summed E-state index contributed by atoms with van der Waals surface area (Å²) in [4.78, 5) is 2.35. The van der Waals surface area contributed by atoms with Gasteiger partial charge in [-0.3, -0.25) is 0 Å². The quantitative estimate of drug-likeness (QED) is 0.823. The normalized spacial score (nSPS) is 12.9. The maximum Gasteiger partial charge on any atom is 0.0556 e. The molecule has 1 nitrogen and oxygen atoms in total. The van der Waals surface area contributed by atoms with E-state index < -0.39 is 0 Å². The van der Waals surface area contributed by atoms with Crippen molar-refractivity contribution in [1.82, 2.24) is 0 Å². The predicted octanol–water partition coefficient (Wildman–Crippen LogP) is 3.80. The van der Waals surface area contributed by atoms with Gasteiger partial charge in [0.25, 0.3) is 0 Å². The number of nitrogens with two attached hydrogens (primary N) is 1. The lowest BCUT2D eigenvalue weighted by Crippen LogP contribution is -2.05. The van der Waals surface area contributed by atoms with E-state index >= 15 is 0 Å². The summed E-state index contributed by atoms with van der Waals surface area (Å²) in [6.07, 6.45) is 4.09. The van der Waals surface area contributed by atoms with Crippen LogP contribution in [0.3, 0.4) is 0 Å². The molecule has 1 aromatic carbocycles. The van der Waals surface area contributed by atoms with Crippen molar-refractivity contribution in [2.45, 2.75) is 22.8 Å². The fourth-order valence-corrected chi connectivity index (χ4v) is 3.28. The summed E-state index contributed by atoms with van der Waals surface area (Å²) in [5.74, 6) is 0. The smallest absolute Gasteiger partial charge is 0.0556 e. The third-order valence-electron chi connectivity index (χ3n) is 1.98. The Bertz CT molecular complexity index is 326. The standard InChI is InChI=1S/C10H14ClNS2/c1-6(12)7-4-8(11)10(14-3)9(5-7)13-2/h4-6H,12H2,1-3H3. The van der Waals surface area contributed by atoms with Crippen LogP contribution in [0.5, 0.6) is 0 Å². The number of rotatable bonds is 3. The second kappa shape index (κ2) is 5.31. The first-order valence-electron chi connectivity index (χ1n) is 4.27. The van der Waals surface area contributed by atoms with Crippen LogP contribution < -0.4 is 5.73 Å². The second-order valence-electron chi connectivity index (χ2n) is 3.03. The molecule has 1 atom stereocenters. The average molecular weight is 248 g/mol. The maximum absolute atomic E-state index is 6.17. The molecule has 78 valence electrons. The Labute approximate surface area is 98.8 Å². The van der Waals surface area contributed by atoms with Crippen molar-refractivity contribution >= 4 is 35.1 Å². The number of hydrogen-bond donors (Lipinski definition) is 1. The molecule has 0 aromatic heterocycles. The van der Waals surface area contributed by atoms with Gasteiger partial charge in [-0.15, -0.1) is 23.5 Å². The van der Waals surface area contributed by atoms with Gasteiger partial charge in [-0.25, -0.2) is 0 Å². The van der Waals surface area contributed by atoms with Crippen molar-refractivity contribution < 1.29 is 0 Å². The molecule has 1 aromatic rings. The molecule has 0 saturated carbocycles. The molecule has 0 aliphatic carbocycles. The molecular formula is C10H14ClNS2. The molecule has 0 aliphatic rings. The molecule has 14 heavy (non-hydrogen) atoms. The van der Waals surface area contributed by atoms with Crippen LogP contribution in [-0.4, -0.2) is 12.5 Å². The summed E-state index contributed by atoms with van der Waals surface area (Å²) in [7, 11) is 0. The highest BCUT2D eigenvalue weighted by Gasteiger charge is 2.09. The van der Waals surface area contributed by atoms with Gasteiger partial charge < -0.3 is 5.73 Å². The van der Waals surface area contributed by atoms with Crippen molar-refractivity contribution in [3.05, 3.63) is 22.7 Å². The maximum atomic E-state index is 6.17. The zero-order valence-corrected chi connectivity index (χ0v) is 10.9. The van der Waals surface area contributed by atoms with Crippen LogP contribution in [0.15, 0.2) is 21.9 Å². The Balaban J connectivity index is 3.24. The molecule has 0 heterocycles. The van der Waals surface area contributed by atoms with Crippen LogP contribution in [0.1, 0.15) is 18.5 Å². The van der Waals surface area contributed by atoms with E-state index in [1.54, 1.807) is 23.5 Å². The summed E-state index contributed by atoms with van der Waals surface area (Å²) in [5, 5.41) is 0.802. The van der Waals surface area contributed by atoms with E-state index in [1.165, 1.54) is 4.90 Å². The number of halogens is 1. The summed E-state index contributed by atoms with van der Waals surface area (Å²) in [5.41, 5.74) is 6.92.